The molecule has 0 spiro atoms. The lowest BCUT2D eigenvalue weighted by Crippen LogP contribution is -2.15. The predicted octanol–water partition coefficient (Wildman–Crippen LogP) is 1.89. The van der Waals surface area contributed by atoms with Crippen molar-refractivity contribution in [2.45, 2.75) is 26.3 Å². The van der Waals surface area contributed by atoms with Gasteiger partial charge in [-0.1, -0.05) is 30.3 Å². The van der Waals surface area contributed by atoms with E-state index in [0.29, 0.717) is 12.2 Å². The number of rotatable bonds is 4. The van der Waals surface area contributed by atoms with Crippen molar-refractivity contribution in [3.05, 3.63) is 58.0 Å². The molecule has 18 heavy (non-hydrogen) atoms. The molecule has 0 bridgehead atoms. The van der Waals surface area contributed by atoms with Crippen LogP contribution in [-0.4, -0.2) is 14.9 Å². The Morgan fingerprint density at radius 3 is 2.67 bits per heavy atom. The first-order chi connectivity index (χ1) is 8.66. The zero-order valence-corrected chi connectivity index (χ0v) is 10.3. The van der Waals surface area contributed by atoms with Crippen LogP contribution in [0.25, 0.3) is 0 Å². The van der Waals surface area contributed by atoms with Crippen molar-refractivity contribution >= 4 is 0 Å². The van der Waals surface area contributed by atoms with Crippen LogP contribution in [0.2, 0.25) is 0 Å². The molecule has 0 aliphatic heterocycles. The van der Waals surface area contributed by atoms with Crippen LogP contribution in [-0.2, 0) is 13.0 Å². The van der Waals surface area contributed by atoms with E-state index in [1.807, 2.05) is 18.2 Å². The summed E-state index contributed by atoms with van der Waals surface area (Å²) in [5.74, 6) is -0.234. The normalized spacial score (nSPS) is 10.5. The molecule has 1 aromatic heterocycles. The SMILES string of the molecule is Cc1nn(CCCc2ccccc2)cc(O)c1=O. The van der Waals surface area contributed by atoms with Crippen LogP contribution in [0.4, 0.5) is 0 Å². The molecular weight excluding hydrogens is 228 g/mol. The molecule has 1 aromatic carbocycles. The molecule has 0 aliphatic carbocycles. The highest BCUT2D eigenvalue weighted by Gasteiger charge is 2.03. The average Bonchev–Trinajstić information content (AvgIpc) is 2.37. The Kier molecular flexibility index (Phi) is 3.77. The van der Waals surface area contributed by atoms with E-state index in [2.05, 4.69) is 17.2 Å². The zero-order chi connectivity index (χ0) is 13.0. The second kappa shape index (κ2) is 5.49. The molecule has 94 valence electrons. The lowest BCUT2D eigenvalue weighted by molar-refractivity contribution is 0.446. The Hall–Kier alpha value is -2.10. The van der Waals surface area contributed by atoms with Crippen LogP contribution in [0.15, 0.2) is 41.3 Å². The Balaban J connectivity index is 1.97. The highest BCUT2D eigenvalue weighted by atomic mass is 16.3. The van der Waals surface area contributed by atoms with Gasteiger partial charge in [-0.3, -0.25) is 9.48 Å². The number of hydrogen-bond acceptors (Lipinski definition) is 3. The Labute approximate surface area is 106 Å². The zero-order valence-electron chi connectivity index (χ0n) is 10.3. The summed E-state index contributed by atoms with van der Waals surface area (Å²) in [5, 5.41) is 13.5. The van der Waals surface area contributed by atoms with E-state index in [1.165, 1.54) is 11.8 Å². The van der Waals surface area contributed by atoms with Crippen molar-refractivity contribution < 1.29 is 5.11 Å². The maximum absolute atomic E-state index is 11.3. The molecule has 0 saturated heterocycles. The van der Waals surface area contributed by atoms with Gasteiger partial charge in [-0.15, -0.1) is 0 Å². The number of benzene rings is 1. The first-order valence-electron chi connectivity index (χ1n) is 5.98. The fourth-order valence-electron chi connectivity index (χ4n) is 1.86. The second-order valence-corrected chi connectivity index (χ2v) is 4.28. The maximum Gasteiger partial charge on any atom is 0.244 e. The van der Waals surface area contributed by atoms with Gasteiger partial charge in [0.25, 0.3) is 0 Å². The monoisotopic (exact) mass is 244 g/mol. The van der Waals surface area contributed by atoms with Crippen molar-refractivity contribution in [3.63, 3.8) is 0 Å². The van der Waals surface area contributed by atoms with Crippen LogP contribution < -0.4 is 5.43 Å². The van der Waals surface area contributed by atoms with Crippen molar-refractivity contribution in [1.82, 2.24) is 9.78 Å². The fraction of sp³-hybridized carbons (Fsp3) is 0.286. The Bertz CT molecular complexity index is 550. The van der Waals surface area contributed by atoms with Gasteiger partial charge in [-0.2, -0.15) is 5.10 Å². The van der Waals surface area contributed by atoms with Crippen LogP contribution in [0, 0.1) is 6.92 Å². The molecule has 0 aliphatic rings. The van der Waals surface area contributed by atoms with Gasteiger partial charge in [-0.05, 0) is 25.3 Å². The predicted molar refractivity (Wildman–Crippen MR) is 69.7 cm³/mol. The summed E-state index contributed by atoms with van der Waals surface area (Å²) in [4.78, 5) is 11.3. The molecule has 0 saturated carbocycles. The van der Waals surface area contributed by atoms with Gasteiger partial charge in [0.2, 0.25) is 5.43 Å². The van der Waals surface area contributed by atoms with E-state index in [-0.39, 0.29) is 5.75 Å². The van der Waals surface area contributed by atoms with Gasteiger partial charge in [0.1, 0.15) is 5.69 Å². The first-order valence-corrected chi connectivity index (χ1v) is 5.98. The van der Waals surface area contributed by atoms with Crippen LogP contribution in [0.3, 0.4) is 0 Å². The second-order valence-electron chi connectivity index (χ2n) is 4.28. The van der Waals surface area contributed by atoms with Gasteiger partial charge in [0, 0.05) is 6.54 Å². The third-order valence-corrected chi connectivity index (χ3v) is 2.81. The summed E-state index contributed by atoms with van der Waals surface area (Å²) < 4.78 is 1.62. The molecule has 1 N–H and O–H groups in total. The number of aromatic nitrogens is 2. The average molecular weight is 244 g/mol. The van der Waals surface area contributed by atoms with Crippen molar-refractivity contribution in [2.24, 2.45) is 0 Å². The number of hydrogen-bond donors (Lipinski definition) is 1. The fourth-order valence-corrected chi connectivity index (χ4v) is 1.86. The summed E-state index contributed by atoms with van der Waals surface area (Å²) in [6.07, 6.45) is 3.26. The summed E-state index contributed by atoms with van der Waals surface area (Å²) in [6.45, 7) is 2.29. The largest absolute Gasteiger partial charge is 0.503 e. The minimum absolute atomic E-state index is 0.234. The van der Waals surface area contributed by atoms with Gasteiger partial charge >= 0.3 is 0 Å². The molecule has 4 nitrogen and oxygen atoms in total. The molecule has 1 heterocycles. The summed E-state index contributed by atoms with van der Waals surface area (Å²) in [6, 6.07) is 10.2. The van der Waals surface area contributed by atoms with Crippen LogP contribution in [0.1, 0.15) is 17.7 Å². The van der Waals surface area contributed by atoms with E-state index >= 15 is 0 Å². The summed E-state index contributed by atoms with van der Waals surface area (Å²) in [7, 11) is 0. The number of nitrogens with zero attached hydrogens (tertiary/aromatic N) is 2. The quantitative estimate of drug-likeness (QED) is 0.893. The van der Waals surface area contributed by atoms with Crippen molar-refractivity contribution in [2.75, 3.05) is 0 Å². The van der Waals surface area contributed by atoms with E-state index in [9.17, 15) is 9.90 Å². The van der Waals surface area contributed by atoms with E-state index < -0.39 is 5.43 Å². The lowest BCUT2D eigenvalue weighted by Gasteiger charge is -2.06. The van der Waals surface area contributed by atoms with E-state index in [0.717, 1.165) is 12.8 Å². The van der Waals surface area contributed by atoms with Gasteiger partial charge in [0.05, 0.1) is 6.20 Å². The molecule has 2 aromatic rings. The standard InChI is InChI=1S/C14H16N2O2/c1-11-14(18)13(17)10-16(15-11)9-5-8-12-6-3-2-4-7-12/h2-4,6-7,10,17H,5,8-9H2,1H3. The molecule has 0 radical (unpaired) electrons. The lowest BCUT2D eigenvalue weighted by atomic mass is 10.1. The highest BCUT2D eigenvalue weighted by molar-refractivity contribution is 5.17. The van der Waals surface area contributed by atoms with Crippen molar-refractivity contribution in [3.8, 4) is 5.75 Å². The topological polar surface area (TPSA) is 55.1 Å². The number of aromatic hydroxyl groups is 1. The van der Waals surface area contributed by atoms with Gasteiger partial charge < -0.3 is 5.11 Å². The van der Waals surface area contributed by atoms with E-state index in [1.54, 1.807) is 11.6 Å². The highest BCUT2D eigenvalue weighted by Crippen LogP contribution is 2.05. The van der Waals surface area contributed by atoms with Crippen LogP contribution >= 0.6 is 0 Å². The minimum Gasteiger partial charge on any atom is -0.503 e. The third kappa shape index (κ3) is 2.97. The molecule has 0 unspecified atom stereocenters. The molecule has 2 rings (SSSR count). The molecular formula is C14H16N2O2. The molecule has 0 amide bonds. The molecule has 0 fully saturated rings. The molecule has 0 atom stereocenters. The van der Waals surface area contributed by atoms with Crippen LogP contribution in [0.5, 0.6) is 5.75 Å². The summed E-state index contributed by atoms with van der Waals surface area (Å²) in [5.41, 5.74) is 1.21. The first kappa shape index (κ1) is 12.4. The van der Waals surface area contributed by atoms with Gasteiger partial charge in [0.15, 0.2) is 5.75 Å². The summed E-state index contributed by atoms with van der Waals surface area (Å²) >= 11 is 0. The Morgan fingerprint density at radius 2 is 2.00 bits per heavy atom. The van der Waals surface area contributed by atoms with Crippen molar-refractivity contribution in [1.29, 1.82) is 0 Å². The maximum atomic E-state index is 11.3. The minimum atomic E-state index is -0.394. The third-order valence-electron chi connectivity index (χ3n) is 2.81. The molecule has 4 heteroatoms. The van der Waals surface area contributed by atoms with E-state index in [4.69, 9.17) is 0 Å². The van der Waals surface area contributed by atoms with Gasteiger partial charge in [-0.25, -0.2) is 0 Å². The Morgan fingerprint density at radius 1 is 1.28 bits per heavy atom. The number of aryl methyl sites for hydroxylation is 3. The smallest absolute Gasteiger partial charge is 0.244 e.